The molecule has 1 aromatic heterocycles. The summed E-state index contributed by atoms with van der Waals surface area (Å²) in [7, 11) is 1.84. The van der Waals surface area contributed by atoms with Crippen LogP contribution in [0.2, 0.25) is 0 Å². The van der Waals surface area contributed by atoms with Crippen molar-refractivity contribution in [1.29, 1.82) is 0 Å². The second-order valence-electron chi connectivity index (χ2n) is 5.01. The first-order chi connectivity index (χ1) is 9.49. The monoisotopic (exact) mass is 308 g/mol. The Morgan fingerprint density at radius 3 is 2.48 bits per heavy atom. The maximum atomic E-state index is 12.2. The standard InChI is InChI=1S/C15H20N4O.ClH/c1-10-9-13(18-19(10)3)17-15(20)11(2)14(16)12-7-5-4-6-8-12;/h4-9,11,14H,16H2,1-3H3,(H,17,18,20);1H. The van der Waals surface area contributed by atoms with Gasteiger partial charge in [-0.2, -0.15) is 5.10 Å². The summed E-state index contributed by atoms with van der Waals surface area (Å²) in [5.41, 5.74) is 8.08. The average Bonchev–Trinajstić information content (AvgIpc) is 2.76. The summed E-state index contributed by atoms with van der Waals surface area (Å²) in [6, 6.07) is 11.1. The van der Waals surface area contributed by atoms with Crippen LogP contribution in [0.3, 0.4) is 0 Å². The zero-order valence-corrected chi connectivity index (χ0v) is 13.2. The number of aryl methyl sites for hydroxylation is 2. The maximum Gasteiger partial charge on any atom is 0.230 e. The summed E-state index contributed by atoms with van der Waals surface area (Å²) in [5, 5.41) is 7.01. The van der Waals surface area contributed by atoms with Gasteiger partial charge in [0.15, 0.2) is 5.82 Å². The highest BCUT2D eigenvalue weighted by Crippen LogP contribution is 2.20. The van der Waals surface area contributed by atoms with Gasteiger partial charge in [-0.25, -0.2) is 0 Å². The topological polar surface area (TPSA) is 72.9 Å². The van der Waals surface area contributed by atoms with Crippen LogP contribution in [0.25, 0.3) is 0 Å². The van der Waals surface area contributed by atoms with E-state index in [1.165, 1.54) is 0 Å². The van der Waals surface area contributed by atoms with E-state index >= 15 is 0 Å². The van der Waals surface area contributed by atoms with Crippen molar-refractivity contribution in [3.05, 3.63) is 47.7 Å². The predicted octanol–water partition coefficient (Wildman–Crippen LogP) is 2.42. The molecule has 0 saturated heterocycles. The lowest BCUT2D eigenvalue weighted by Crippen LogP contribution is -2.30. The molecule has 1 amide bonds. The van der Waals surface area contributed by atoms with Gasteiger partial charge in [0.1, 0.15) is 0 Å². The third-order valence-corrected chi connectivity index (χ3v) is 3.50. The van der Waals surface area contributed by atoms with E-state index < -0.39 is 0 Å². The lowest BCUT2D eigenvalue weighted by Gasteiger charge is -2.19. The van der Waals surface area contributed by atoms with Gasteiger partial charge in [0.25, 0.3) is 0 Å². The van der Waals surface area contributed by atoms with Gasteiger partial charge in [-0.05, 0) is 12.5 Å². The van der Waals surface area contributed by atoms with Crippen molar-refractivity contribution in [1.82, 2.24) is 9.78 Å². The van der Waals surface area contributed by atoms with E-state index in [0.29, 0.717) is 5.82 Å². The van der Waals surface area contributed by atoms with E-state index in [4.69, 9.17) is 5.73 Å². The second-order valence-corrected chi connectivity index (χ2v) is 5.01. The number of hydrogen-bond acceptors (Lipinski definition) is 3. The summed E-state index contributed by atoms with van der Waals surface area (Å²) in [4.78, 5) is 12.2. The Labute approximate surface area is 130 Å². The number of halogens is 1. The number of benzene rings is 1. The van der Waals surface area contributed by atoms with Crippen molar-refractivity contribution in [2.45, 2.75) is 19.9 Å². The Morgan fingerprint density at radius 2 is 1.95 bits per heavy atom. The first kappa shape index (κ1) is 17.2. The SMILES string of the molecule is Cc1cc(NC(=O)C(C)C(N)c2ccccc2)nn1C.Cl. The molecule has 2 aromatic rings. The van der Waals surface area contributed by atoms with Gasteiger partial charge in [-0.1, -0.05) is 37.3 Å². The van der Waals surface area contributed by atoms with Crippen LogP contribution in [0, 0.1) is 12.8 Å². The van der Waals surface area contributed by atoms with E-state index in [1.54, 1.807) is 4.68 Å². The minimum Gasteiger partial charge on any atom is -0.323 e. The quantitative estimate of drug-likeness (QED) is 0.911. The van der Waals surface area contributed by atoms with Crippen molar-refractivity contribution in [3.63, 3.8) is 0 Å². The minimum absolute atomic E-state index is 0. The van der Waals surface area contributed by atoms with Crippen molar-refractivity contribution in [2.24, 2.45) is 18.7 Å². The van der Waals surface area contributed by atoms with Gasteiger partial charge in [0, 0.05) is 24.8 Å². The van der Waals surface area contributed by atoms with Crippen LogP contribution < -0.4 is 11.1 Å². The lowest BCUT2D eigenvalue weighted by molar-refractivity contribution is -0.120. The second kappa shape index (κ2) is 7.24. The number of carbonyl (C=O) groups is 1. The van der Waals surface area contributed by atoms with Gasteiger partial charge in [-0.3, -0.25) is 9.48 Å². The molecule has 2 rings (SSSR count). The molecule has 6 heteroatoms. The normalized spacial score (nSPS) is 13.1. The van der Waals surface area contributed by atoms with Crippen LogP contribution in [0.5, 0.6) is 0 Å². The molecule has 0 aliphatic heterocycles. The number of aromatic nitrogens is 2. The van der Waals surface area contributed by atoms with Crippen LogP contribution in [0.4, 0.5) is 5.82 Å². The van der Waals surface area contributed by atoms with E-state index in [-0.39, 0.29) is 30.3 Å². The fourth-order valence-electron chi connectivity index (χ4n) is 1.99. The van der Waals surface area contributed by atoms with Crippen LogP contribution >= 0.6 is 12.4 Å². The molecule has 1 aromatic carbocycles. The molecule has 2 atom stereocenters. The third-order valence-electron chi connectivity index (χ3n) is 3.50. The first-order valence-corrected chi connectivity index (χ1v) is 6.61. The van der Waals surface area contributed by atoms with Gasteiger partial charge < -0.3 is 11.1 Å². The largest absolute Gasteiger partial charge is 0.323 e. The van der Waals surface area contributed by atoms with Crippen LogP contribution in [0.1, 0.15) is 24.2 Å². The van der Waals surface area contributed by atoms with Crippen LogP contribution in [-0.2, 0) is 11.8 Å². The Kier molecular flexibility index (Phi) is 5.93. The fraction of sp³-hybridized carbons (Fsp3) is 0.333. The molecule has 0 bridgehead atoms. The smallest absolute Gasteiger partial charge is 0.230 e. The molecule has 3 N–H and O–H groups in total. The van der Waals surface area contributed by atoms with E-state index in [2.05, 4.69) is 10.4 Å². The number of carbonyl (C=O) groups excluding carboxylic acids is 1. The summed E-state index contributed by atoms with van der Waals surface area (Å²) in [6.45, 7) is 3.75. The van der Waals surface area contributed by atoms with Crippen LogP contribution in [0.15, 0.2) is 36.4 Å². The molecule has 114 valence electrons. The number of rotatable bonds is 4. The van der Waals surface area contributed by atoms with E-state index in [1.807, 2.05) is 57.3 Å². The predicted molar refractivity (Wildman–Crippen MR) is 86.4 cm³/mol. The molecule has 0 fully saturated rings. The van der Waals surface area contributed by atoms with Crippen molar-refractivity contribution >= 4 is 24.1 Å². The molecule has 0 aliphatic rings. The van der Waals surface area contributed by atoms with Gasteiger partial charge in [0.2, 0.25) is 5.91 Å². The number of nitrogens with one attached hydrogen (secondary N) is 1. The van der Waals surface area contributed by atoms with Crippen molar-refractivity contribution in [2.75, 3.05) is 5.32 Å². The maximum absolute atomic E-state index is 12.2. The van der Waals surface area contributed by atoms with Gasteiger partial charge in [0.05, 0.1) is 5.92 Å². The first-order valence-electron chi connectivity index (χ1n) is 6.61. The fourth-order valence-corrected chi connectivity index (χ4v) is 1.99. The van der Waals surface area contributed by atoms with Gasteiger partial charge in [-0.15, -0.1) is 12.4 Å². The number of nitrogens with two attached hydrogens (primary N) is 1. The Hall–Kier alpha value is -1.85. The Bertz CT molecular complexity index is 577. The van der Waals surface area contributed by atoms with Crippen LogP contribution in [-0.4, -0.2) is 15.7 Å². The number of anilines is 1. The zero-order chi connectivity index (χ0) is 14.7. The average molecular weight is 309 g/mol. The van der Waals surface area contributed by atoms with Crippen molar-refractivity contribution in [3.8, 4) is 0 Å². The summed E-state index contributed by atoms with van der Waals surface area (Å²) >= 11 is 0. The highest BCUT2D eigenvalue weighted by molar-refractivity contribution is 5.92. The molecule has 0 radical (unpaired) electrons. The zero-order valence-electron chi connectivity index (χ0n) is 12.4. The number of hydrogen-bond donors (Lipinski definition) is 2. The molecule has 5 nitrogen and oxygen atoms in total. The van der Waals surface area contributed by atoms with Gasteiger partial charge >= 0.3 is 0 Å². The molecule has 0 aliphatic carbocycles. The van der Waals surface area contributed by atoms with E-state index in [9.17, 15) is 4.79 Å². The molecule has 1 heterocycles. The highest BCUT2D eigenvalue weighted by atomic mass is 35.5. The number of nitrogens with zero attached hydrogens (tertiary/aromatic N) is 2. The molecule has 0 spiro atoms. The minimum atomic E-state index is -0.334. The lowest BCUT2D eigenvalue weighted by atomic mass is 9.95. The molecular formula is C15H21ClN4O. The number of amides is 1. The summed E-state index contributed by atoms with van der Waals surface area (Å²) in [5.74, 6) is 0.0984. The molecular weight excluding hydrogens is 288 g/mol. The van der Waals surface area contributed by atoms with E-state index in [0.717, 1.165) is 11.3 Å². The Morgan fingerprint density at radius 1 is 1.33 bits per heavy atom. The highest BCUT2D eigenvalue weighted by Gasteiger charge is 2.22. The summed E-state index contributed by atoms with van der Waals surface area (Å²) in [6.07, 6.45) is 0. The molecule has 21 heavy (non-hydrogen) atoms. The Balaban J connectivity index is 0.00000220. The summed E-state index contributed by atoms with van der Waals surface area (Å²) < 4.78 is 1.72. The third kappa shape index (κ3) is 4.06. The molecule has 2 unspecified atom stereocenters. The molecule has 0 saturated carbocycles. The van der Waals surface area contributed by atoms with Crippen molar-refractivity contribution < 1.29 is 4.79 Å².